The zero-order chi connectivity index (χ0) is 30.0. The molecule has 2 aromatic carbocycles. The first-order chi connectivity index (χ1) is 19.6. The zero-order valence-electron chi connectivity index (χ0n) is 24.1. The van der Waals surface area contributed by atoms with Crippen LogP contribution in [0.5, 0.6) is 34.5 Å². The molecule has 1 aliphatic carbocycles. The SMILES string of the molecule is COc1cc2c(c(OC)c1O)C(c1cc(OC)c(OC)c(OC)c1)C(COC1OC(C)C(O)C(O)C1O)C(CO)C2. The average Bonchev–Trinajstić information content (AvgIpc) is 2.99. The third-order valence-corrected chi connectivity index (χ3v) is 8.14. The number of ether oxygens (including phenoxy) is 7. The molecule has 8 unspecified atom stereocenters. The summed E-state index contributed by atoms with van der Waals surface area (Å²) in [5.74, 6) is 0.120. The van der Waals surface area contributed by atoms with Gasteiger partial charge in [-0.1, -0.05) is 0 Å². The molecule has 12 heteroatoms. The number of aliphatic hydroxyl groups excluding tert-OH is 4. The van der Waals surface area contributed by atoms with Crippen LogP contribution in [0.2, 0.25) is 0 Å². The number of rotatable bonds is 10. The van der Waals surface area contributed by atoms with Crippen LogP contribution < -0.4 is 23.7 Å². The van der Waals surface area contributed by atoms with Crippen LogP contribution in [-0.2, 0) is 15.9 Å². The number of benzene rings is 2. The standard InChI is InChI=1S/C29H40O12/c1-13-23(31)25(33)26(34)29(41-13)40-12-17-16(11-30)7-14-8-18(35-2)24(32)28(39-6)22(14)21(17)15-9-19(36-3)27(38-5)20(10-15)37-4/h8-10,13,16-17,21,23,25-26,29-34H,7,11-12H2,1-6H3. The molecule has 5 N–H and O–H groups in total. The Bertz CT molecular complexity index is 1180. The minimum Gasteiger partial charge on any atom is -0.502 e. The Hall–Kier alpha value is -3.00. The van der Waals surface area contributed by atoms with E-state index in [0.717, 1.165) is 5.56 Å². The van der Waals surface area contributed by atoms with E-state index >= 15 is 0 Å². The van der Waals surface area contributed by atoms with Gasteiger partial charge in [-0.05, 0) is 54.5 Å². The molecule has 2 aliphatic rings. The molecule has 0 spiro atoms. The van der Waals surface area contributed by atoms with Crippen LogP contribution in [0.4, 0.5) is 0 Å². The maximum atomic E-state index is 11.0. The van der Waals surface area contributed by atoms with Crippen molar-refractivity contribution in [2.75, 3.05) is 48.8 Å². The van der Waals surface area contributed by atoms with Crippen LogP contribution in [0.25, 0.3) is 0 Å². The Morgan fingerprint density at radius 2 is 1.41 bits per heavy atom. The van der Waals surface area contributed by atoms with E-state index in [1.807, 2.05) is 0 Å². The van der Waals surface area contributed by atoms with E-state index in [1.165, 1.54) is 35.5 Å². The van der Waals surface area contributed by atoms with Gasteiger partial charge in [-0.2, -0.15) is 0 Å². The quantitative estimate of drug-likeness (QED) is 0.273. The number of methoxy groups -OCH3 is 5. The molecule has 2 aromatic rings. The van der Waals surface area contributed by atoms with Crippen LogP contribution in [0.3, 0.4) is 0 Å². The Morgan fingerprint density at radius 3 is 1.95 bits per heavy atom. The second kappa shape index (κ2) is 12.9. The molecule has 0 aromatic heterocycles. The van der Waals surface area contributed by atoms with Gasteiger partial charge in [0.1, 0.15) is 18.3 Å². The van der Waals surface area contributed by atoms with Crippen molar-refractivity contribution in [3.63, 3.8) is 0 Å². The lowest BCUT2D eigenvalue weighted by Crippen LogP contribution is -2.57. The molecule has 1 aliphatic heterocycles. The van der Waals surface area contributed by atoms with Crippen molar-refractivity contribution in [3.8, 4) is 34.5 Å². The van der Waals surface area contributed by atoms with Crippen molar-refractivity contribution >= 4 is 0 Å². The molecule has 4 rings (SSSR count). The lowest BCUT2D eigenvalue weighted by atomic mass is 9.66. The minimum atomic E-state index is -1.49. The summed E-state index contributed by atoms with van der Waals surface area (Å²) in [6, 6.07) is 5.31. The smallest absolute Gasteiger partial charge is 0.203 e. The molecule has 12 nitrogen and oxygen atoms in total. The number of phenols is 1. The molecule has 41 heavy (non-hydrogen) atoms. The minimum absolute atomic E-state index is 0.0286. The van der Waals surface area contributed by atoms with E-state index in [4.69, 9.17) is 33.2 Å². The number of phenolic OH excluding ortho intramolecular Hbond substituents is 1. The molecule has 8 atom stereocenters. The normalized spacial score (nSPS) is 29.4. The van der Waals surface area contributed by atoms with E-state index in [9.17, 15) is 25.5 Å². The third kappa shape index (κ3) is 5.60. The van der Waals surface area contributed by atoms with Crippen LogP contribution in [0, 0.1) is 11.8 Å². The van der Waals surface area contributed by atoms with Gasteiger partial charge in [0.05, 0.1) is 48.3 Å². The van der Waals surface area contributed by atoms with E-state index in [-0.39, 0.29) is 36.4 Å². The summed E-state index contributed by atoms with van der Waals surface area (Å²) in [5.41, 5.74) is 2.16. The number of aromatic hydroxyl groups is 1. The van der Waals surface area contributed by atoms with Gasteiger partial charge in [0.25, 0.3) is 0 Å². The lowest BCUT2D eigenvalue weighted by molar-refractivity contribution is -0.296. The fraction of sp³-hybridized carbons (Fsp3) is 0.586. The number of hydrogen-bond donors (Lipinski definition) is 5. The summed E-state index contributed by atoms with van der Waals surface area (Å²) in [5, 5.41) is 52.6. The summed E-state index contributed by atoms with van der Waals surface area (Å²) in [6.45, 7) is 1.34. The van der Waals surface area contributed by atoms with Crippen molar-refractivity contribution in [2.45, 2.75) is 50.0 Å². The van der Waals surface area contributed by atoms with E-state index < -0.39 is 42.5 Å². The number of hydrogen-bond acceptors (Lipinski definition) is 12. The summed E-state index contributed by atoms with van der Waals surface area (Å²) in [4.78, 5) is 0. The van der Waals surface area contributed by atoms with E-state index in [1.54, 1.807) is 25.1 Å². The van der Waals surface area contributed by atoms with Crippen LogP contribution in [0.1, 0.15) is 29.5 Å². The highest BCUT2D eigenvalue weighted by Gasteiger charge is 2.45. The molecule has 0 radical (unpaired) electrons. The second-order valence-electron chi connectivity index (χ2n) is 10.3. The Kier molecular flexibility index (Phi) is 9.73. The van der Waals surface area contributed by atoms with Crippen molar-refractivity contribution < 1.29 is 58.7 Å². The molecular formula is C29H40O12. The predicted octanol–water partition coefficient (Wildman–Crippen LogP) is 1.19. The average molecular weight is 581 g/mol. The molecule has 1 fully saturated rings. The van der Waals surface area contributed by atoms with Gasteiger partial charge in [0.2, 0.25) is 11.5 Å². The van der Waals surface area contributed by atoms with Crippen molar-refractivity contribution in [3.05, 3.63) is 34.9 Å². The van der Waals surface area contributed by atoms with Gasteiger partial charge in [-0.3, -0.25) is 0 Å². The molecular weight excluding hydrogens is 540 g/mol. The largest absolute Gasteiger partial charge is 0.502 e. The highest BCUT2D eigenvalue weighted by molar-refractivity contribution is 5.64. The molecule has 228 valence electrons. The summed E-state index contributed by atoms with van der Waals surface area (Å²) in [7, 11) is 7.41. The van der Waals surface area contributed by atoms with Gasteiger partial charge in [0, 0.05) is 18.1 Å². The monoisotopic (exact) mass is 580 g/mol. The highest BCUT2D eigenvalue weighted by Crippen LogP contribution is 2.54. The fourth-order valence-electron chi connectivity index (χ4n) is 5.97. The van der Waals surface area contributed by atoms with Crippen molar-refractivity contribution in [1.29, 1.82) is 0 Å². The van der Waals surface area contributed by atoms with Crippen LogP contribution >= 0.6 is 0 Å². The summed E-state index contributed by atoms with van der Waals surface area (Å²) >= 11 is 0. The van der Waals surface area contributed by atoms with Gasteiger partial charge >= 0.3 is 0 Å². The van der Waals surface area contributed by atoms with Crippen LogP contribution in [-0.4, -0.2) is 105 Å². The first kappa shape index (κ1) is 30.9. The maximum Gasteiger partial charge on any atom is 0.203 e. The Morgan fingerprint density at radius 1 is 0.805 bits per heavy atom. The third-order valence-electron chi connectivity index (χ3n) is 8.14. The summed E-state index contributed by atoms with van der Waals surface area (Å²) < 4.78 is 39.6. The zero-order valence-corrected chi connectivity index (χ0v) is 24.1. The molecule has 1 heterocycles. The number of fused-ring (bicyclic) bond motifs is 1. The number of aliphatic hydroxyl groups is 4. The topological polar surface area (TPSA) is 166 Å². The van der Waals surface area contributed by atoms with Crippen LogP contribution in [0.15, 0.2) is 18.2 Å². The molecule has 0 bridgehead atoms. The highest BCUT2D eigenvalue weighted by atomic mass is 16.7. The van der Waals surface area contributed by atoms with Gasteiger partial charge in [-0.25, -0.2) is 0 Å². The first-order valence-corrected chi connectivity index (χ1v) is 13.3. The van der Waals surface area contributed by atoms with Crippen molar-refractivity contribution in [2.24, 2.45) is 11.8 Å². The Balaban J connectivity index is 1.87. The Labute approximate surface area is 238 Å². The fourth-order valence-corrected chi connectivity index (χ4v) is 5.97. The van der Waals surface area contributed by atoms with E-state index in [0.29, 0.717) is 34.8 Å². The maximum absolute atomic E-state index is 11.0. The summed E-state index contributed by atoms with van der Waals surface area (Å²) in [6.07, 6.45) is -5.83. The van der Waals surface area contributed by atoms with Gasteiger partial charge in [-0.15, -0.1) is 0 Å². The van der Waals surface area contributed by atoms with Crippen molar-refractivity contribution in [1.82, 2.24) is 0 Å². The van der Waals surface area contributed by atoms with E-state index in [2.05, 4.69) is 0 Å². The molecule has 0 amide bonds. The molecule has 1 saturated heterocycles. The second-order valence-corrected chi connectivity index (χ2v) is 10.3. The lowest BCUT2D eigenvalue weighted by Gasteiger charge is -2.43. The van der Waals surface area contributed by atoms with Gasteiger partial charge in [0.15, 0.2) is 29.3 Å². The predicted molar refractivity (Wildman–Crippen MR) is 145 cm³/mol. The van der Waals surface area contributed by atoms with Gasteiger partial charge < -0.3 is 58.7 Å². The first-order valence-electron chi connectivity index (χ1n) is 13.3. The molecule has 0 saturated carbocycles.